The smallest absolute Gasteiger partial charge is 0.331 e. The number of hydrogen-bond acceptors (Lipinski definition) is 6. The summed E-state index contributed by atoms with van der Waals surface area (Å²) in [4.78, 5) is 18.0. The molecule has 0 aliphatic carbocycles. The standard InChI is InChI=1S/C25H34N2O4/c1-30-24-12-17(5-7-23(24)28)6-8-25(29)31-22-9-11-27-19-13-18-4-2-3-10-26(18)20(14-19)15-21(27)16-22/h5-8,12,18-22,28H,2-4,9-11,13-16H2,1H3/b8-6+/t18-,19+,20+,21-,22?/m1/s1. The number of fused-ring (bicyclic) bond motifs is 6. The van der Waals surface area contributed by atoms with Crippen molar-refractivity contribution in [1.29, 1.82) is 0 Å². The normalized spacial score (nSPS) is 33.5. The van der Waals surface area contributed by atoms with Crippen LogP contribution in [0, 0.1) is 0 Å². The van der Waals surface area contributed by atoms with E-state index in [0.29, 0.717) is 11.8 Å². The Morgan fingerprint density at radius 3 is 2.55 bits per heavy atom. The zero-order valence-corrected chi connectivity index (χ0v) is 18.4. The van der Waals surface area contributed by atoms with Crippen LogP contribution in [0.2, 0.25) is 0 Å². The van der Waals surface area contributed by atoms with Crippen LogP contribution in [0.5, 0.6) is 11.5 Å². The number of ether oxygens (including phenoxy) is 2. The first-order chi connectivity index (χ1) is 15.1. The first-order valence-corrected chi connectivity index (χ1v) is 11.9. The highest BCUT2D eigenvalue weighted by Gasteiger charge is 2.47. The molecule has 4 fully saturated rings. The van der Waals surface area contributed by atoms with E-state index >= 15 is 0 Å². The number of phenols is 1. The highest BCUT2D eigenvalue weighted by molar-refractivity contribution is 5.87. The molecule has 168 valence electrons. The number of methoxy groups -OCH3 is 1. The van der Waals surface area contributed by atoms with Crippen molar-refractivity contribution in [3.8, 4) is 11.5 Å². The molecule has 5 atom stereocenters. The van der Waals surface area contributed by atoms with E-state index in [2.05, 4.69) is 9.80 Å². The highest BCUT2D eigenvalue weighted by atomic mass is 16.5. The topological polar surface area (TPSA) is 62.2 Å². The Morgan fingerprint density at radius 2 is 1.74 bits per heavy atom. The first kappa shape index (κ1) is 20.8. The summed E-state index contributed by atoms with van der Waals surface area (Å²) in [5.74, 6) is 0.182. The zero-order valence-electron chi connectivity index (χ0n) is 18.4. The van der Waals surface area contributed by atoms with Gasteiger partial charge in [-0.1, -0.05) is 12.5 Å². The Hall–Kier alpha value is -2.05. The van der Waals surface area contributed by atoms with Crippen LogP contribution in [0.15, 0.2) is 24.3 Å². The number of esters is 1. The fourth-order valence-corrected chi connectivity index (χ4v) is 6.45. The molecule has 0 amide bonds. The van der Waals surface area contributed by atoms with E-state index in [4.69, 9.17) is 9.47 Å². The van der Waals surface area contributed by atoms with Crippen molar-refractivity contribution in [2.45, 2.75) is 81.6 Å². The van der Waals surface area contributed by atoms with Gasteiger partial charge in [-0.3, -0.25) is 9.80 Å². The van der Waals surface area contributed by atoms with Gasteiger partial charge >= 0.3 is 5.97 Å². The number of hydrogen-bond donors (Lipinski definition) is 1. The maximum Gasteiger partial charge on any atom is 0.331 e. The molecule has 4 aliphatic rings. The molecule has 1 aromatic carbocycles. The van der Waals surface area contributed by atoms with E-state index in [1.54, 1.807) is 24.3 Å². The second kappa shape index (κ2) is 8.83. The van der Waals surface area contributed by atoms with Gasteiger partial charge in [0.25, 0.3) is 0 Å². The summed E-state index contributed by atoms with van der Waals surface area (Å²) in [6, 6.07) is 7.81. The number of aromatic hydroxyl groups is 1. The summed E-state index contributed by atoms with van der Waals surface area (Å²) in [5.41, 5.74) is 0.789. The van der Waals surface area contributed by atoms with E-state index in [9.17, 15) is 9.90 Å². The number of nitrogens with zero attached hydrogens (tertiary/aromatic N) is 2. The number of benzene rings is 1. The van der Waals surface area contributed by atoms with Gasteiger partial charge in [-0.05, 0) is 68.8 Å². The van der Waals surface area contributed by atoms with Crippen molar-refractivity contribution in [2.75, 3.05) is 20.2 Å². The van der Waals surface area contributed by atoms with Crippen molar-refractivity contribution >= 4 is 12.0 Å². The summed E-state index contributed by atoms with van der Waals surface area (Å²) < 4.78 is 10.9. The van der Waals surface area contributed by atoms with E-state index in [1.807, 2.05) is 0 Å². The lowest BCUT2D eigenvalue weighted by Crippen LogP contribution is -2.65. The van der Waals surface area contributed by atoms with E-state index in [-0.39, 0.29) is 17.8 Å². The number of carbonyl (C=O) groups excluding carboxylic acids is 1. The van der Waals surface area contributed by atoms with Crippen LogP contribution < -0.4 is 4.74 Å². The SMILES string of the molecule is COc1cc(/C=C/C(=O)OC2CCN3[C@@H]4C[C@@H](C[C@@H]3C2)N2CCCC[C@@H]2C4)ccc1O. The molecule has 31 heavy (non-hydrogen) atoms. The summed E-state index contributed by atoms with van der Waals surface area (Å²) >= 11 is 0. The largest absolute Gasteiger partial charge is 0.504 e. The average Bonchev–Trinajstić information content (AvgIpc) is 2.78. The monoisotopic (exact) mass is 426 g/mol. The van der Waals surface area contributed by atoms with E-state index < -0.39 is 0 Å². The third-order valence-electron chi connectivity index (χ3n) is 7.85. The van der Waals surface area contributed by atoms with E-state index in [0.717, 1.165) is 43.1 Å². The maximum atomic E-state index is 12.4. The van der Waals surface area contributed by atoms with Crippen LogP contribution in [0.4, 0.5) is 0 Å². The molecule has 1 unspecified atom stereocenters. The van der Waals surface area contributed by atoms with Gasteiger partial charge in [0.05, 0.1) is 7.11 Å². The molecule has 5 rings (SSSR count). The van der Waals surface area contributed by atoms with Gasteiger partial charge in [0.15, 0.2) is 11.5 Å². The van der Waals surface area contributed by atoms with Crippen LogP contribution in [0.1, 0.15) is 56.9 Å². The molecule has 6 heteroatoms. The molecule has 0 radical (unpaired) electrons. The Balaban J connectivity index is 1.18. The molecule has 4 aliphatic heterocycles. The molecular formula is C25H34N2O4. The second-order valence-electron chi connectivity index (χ2n) is 9.64. The average molecular weight is 427 g/mol. The number of phenolic OH excluding ortho intramolecular Hbond substituents is 1. The Morgan fingerprint density at radius 1 is 1.00 bits per heavy atom. The molecule has 0 aromatic heterocycles. The quantitative estimate of drug-likeness (QED) is 0.587. The van der Waals surface area contributed by atoms with Crippen molar-refractivity contribution in [2.24, 2.45) is 0 Å². The molecule has 4 saturated heterocycles. The third-order valence-corrected chi connectivity index (χ3v) is 7.85. The van der Waals surface area contributed by atoms with Crippen LogP contribution in [-0.4, -0.2) is 71.3 Å². The lowest BCUT2D eigenvalue weighted by molar-refractivity contribution is -0.149. The van der Waals surface area contributed by atoms with Crippen molar-refractivity contribution in [1.82, 2.24) is 9.80 Å². The molecule has 0 spiro atoms. The first-order valence-electron chi connectivity index (χ1n) is 11.9. The van der Waals surface area contributed by atoms with Gasteiger partial charge in [0, 0.05) is 43.2 Å². The minimum absolute atomic E-state index is 0.00346. The number of carbonyl (C=O) groups is 1. The van der Waals surface area contributed by atoms with Crippen LogP contribution in [-0.2, 0) is 9.53 Å². The predicted octanol–water partition coefficient (Wildman–Crippen LogP) is 3.58. The molecule has 4 heterocycles. The second-order valence-corrected chi connectivity index (χ2v) is 9.64. The van der Waals surface area contributed by atoms with Gasteiger partial charge in [-0.15, -0.1) is 0 Å². The fraction of sp³-hybridized carbons (Fsp3) is 0.640. The maximum absolute atomic E-state index is 12.4. The number of rotatable bonds is 4. The predicted molar refractivity (Wildman–Crippen MR) is 119 cm³/mol. The van der Waals surface area contributed by atoms with Crippen molar-refractivity contribution in [3.05, 3.63) is 29.8 Å². The van der Waals surface area contributed by atoms with Gasteiger partial charge < -0.3 is 14.6 Å². The third kappa shape index (κ3) is 4.33. The van der Waals surface area contributed by atoms with E-state index in [1.165, 1.54) is 58.3 Å². The van der Waals surface area contributed by atoms with Crippen LogP contribution in [0.25, 0.3) is 6.08 Å². The lowest BCUT2D eigenvalue weighted by Gasteiger charge is -2.58. The van der Waals surface area contributed by atoms with Gasteiger partial charge in [-0.25, -0.2) is 4.79 Å². The molecule has 6 nitrogen and oxygen atoms in total. The van der Waals surface area contributed by atoms with Gasteiger partial charge in [0.1, 0.15) is 6.10 Å². The van der Waals surface area contributed by atoms with Crippen molar-refractivity contribution in [3.63, 3.8) is 0 Å². The number of piperidine rings is 4. The minimum Gasteiger partial charge on any atom is -0.504 e. The van der Waals surface area contributed by atoms with Gasteiger partial charge in [0.2, 0.25) is 0 Å². The lowest BCUT2D eigenvalue weighted by atomic mass is 9.76. The Kier molecular flexibility index (Phi) is 5.93. The summed E-state index contributed by atoms with van der Waals surface area (Å²) in [5, 5.41) is 9.70. The molecular weight excluding hydrogens is 392 g/mol. The zero-order chi connectivity index (χ0) is 21.4. The molecule has 2 bridgehead atoms. The summed E-state index contributed by atoms with van der Waals surface area (Å²) in [7, 11) is 1.51. The molecule has 1 aromatic rings. The molecule has 0 saturated carbocycles. The van der Waals surface area contributed by atoms with Crippen molar-refractivity contribution < 1.29 is 19.4 Å². The Bertz CT molecular complexity index is 841. The van der Waals surface area contributed by atoms with Crippen LogP contribution >= 0.6 is 0 Å². The molecule has 1 N–H and O–H groups in total. The highest BCUT2D eigenvalue weighted by Crippen LogP contribution is 2.42. The Labute approximate surface area is 184 Å². The van der Waals surface area contributed by atoms with Crippen LogP contribution in [0.3, 0.4) is 0 Å². The summed E-state index contributed by atoms with van der Waals surface area (Å²) in [6.07, 6.45) is 13.1. The fourth-order valence-electron chi connectivity index (χ4n) is 6.45. The summed E-state index contributed by atoms with van der Waals surface area (Å²) in [6.45, 7) is 2.33. The van der Waals surface area contributed by atoms with Gasteiger partial charge in [-0.2, -0.15) is 0 Å². The minimum atomic E-state index is -0.294.